The molecule has 0 aromatic heterocycles. The maximum atomic E-state index is 11.7. The van der Waals surface area contributed by atoms with Gasteiger partial charge in [0, 0.05) is 6.04 Å². The molecule has 0 aromatic rings. The van der Waals surface area contributed by atoms with Crippen molar-refractivity contribution in [2.75, 3.05) is 0 Å². The number of carboxylic acids is 1. The van der Waals surface area contributed by atoms with Crippen molar-refractivity contribution in [2.45, 2.75) is 71.9 Å². The van der Waals surface area contributed by atoms with Crippen molar-refractivity contribution in [3.8, 4) is 0 Å². The molecular formula is C14H28N2O3. The van der Waals surface area contributed by atoms with E-state index >= 15 is 0 Å². The molecule has 0 bridgehead atoms. The molecular weight excluding hydrogens is 244 g/mol. The van der Waals surface area contributed by atoms with Crippen LogP contribution in [0, 0.1) is 5.92 Å². The minimum Gasteiger partial charge on any atom is -0.480 e. The number of nitrogens with one attached hydrogen (secondary N) is 2. The number of hydrogen-bond acceptors (Lipinski definition) is 2. The average molecular weight is 272 g/mol. The van der Waals surface area contributed by atoms with Crippen molar-refractivity contribution in [3.05, 3.63) is 0 Å². The zero-order chi connectivity index (χ0) is 14.8. The molecule has 5 nitrogen and oxygen atoms in total. The SMILES string of the molecule is CCCCCC(C)NC(=O)N[C@@H](CC(C)C)C(=O)O. The Balaban J connectivity index is 4.08. The molecule has 0 saturated heterocycles. The second kappa shape index (κ2) is 9.64. The molecule has 0 aliphatic heterocycles. The van der Waals surface area contributed by atoms with E-state index in [-0.39, 0.29) is 12.0 Å². The van der Waals surface area contributed by atoms with Crippen molar-refractivity contribution in [2.24, 2.45) is 5.92 Å². The third-order valence-electron chi connectivity index (χ3n) is 2.93. The summed E-state index contributed by atoms with van der Waals surface area (Å²) in [7, 11) is 0. The Hall–Kier alpha value is -1.26. The molecule has 0 radical (unpaired) electrons. The van der Waals surface area contributed by atoms with Crippen LogP contribution in [0.5, 0.6) is 0 Å². The van der Waals surface area contributed by atoms with Crippen LogP contribution in [0.4, 0.5) is 4.79 Å². The van der Waals surface area contributed by atoms with Gasteiger partial charge >= 0.3 is 12.0 Å². The zero-order valence-corrected chi connectivity index (χ0v) is 12.5. The van der Waals surface area contributed by atoms with E-state index in [1.807, 2.05) is 20.8 Å². The summed E-state index contributed by atoms with van der Waals surface area (Å²) >= 11 is 0. The number of aliphatic carboxylic acids is 1. The highest BCUT2D eigenvalue weighted by Crippen LogP contribution is 2.06. The monoisotopic (exact) mass is 272 g/mol. The van der Waals surface area contributed by atoms with Crippen LogP contribution < -0.4 is 10.6 Å². The smallest absolute Gasteiger partial charge is 0.326 e. The van der Waals surface area contributed by atoms with Crippen LogP contribution in [-0.2, 0) is 4.79 Å². The summed E-state index contributed by atoms with van der Waals surface area (Å²) in [5, 5.41) is 14.3. The summed E-state index contributed by atoms with van der Waals surface area (Å²) in [5.41, 5.74) is 0. The van der Waals surface area contributed by atoms with Gasteiger partial charge < -0.3 is 15.7 Å². The van der Waals surface area contributed by atoms with E-state index in [4.69, 9.17) is 5.11 Å². The van der Waals surface area contributed by atoms with E-state index in [9.17, 15) is 9.59 Å². The quantitative estimate of drug-likeness (QED) is 0.565. The first-order valence-corrected chi connectivity index (χ1v) is 7.16. The molecule has 0 saturated carbocycles. The molecule has 2 atom stereocenters. The Morgan fingerprint density at radius 1 is 1.11 bits per heavy atom. The standard InChI is InChI=1S/C14H28N2O3/c1-5-6-7-8-11(4)15-14(19)16-12(13(17)18)9-10(2)3/h10-12H,5-9H2,1-4H3,(H,17,18)(H2,15,16,19)/t11?,12-/m0/s1. The Labute approximate surface area is 116 Å². The normalized spacial score (nSPS) is 13.9. The molecule has 0 rings (SSSR count). The molecule has 0 spiro atoms. The van der Waals surface area contributed by atoms with E-state index < -0.39 is 18.0 Å². The van der Waals surface area contributed by atoms with Gasteiger partial charge in [-0.15, -0.1) is 0 Å². The second-order valence-corrected chi connectivity index (χ2v) is 5.54. The third kappa shape index (κ3) is 9.33. The Morgan fingerprint density at radius 2 is 1.74 bits per heavy atom. The van der Waals surface area contributed by atoms with E-state index in [1.54, 1.807) is 0 Å². The highest BCUT2D eigenvalue weighted by atomic mass is 16.4. The summed E-state index contributed by atoms with van der Waals surface area (Å²) in [4.78, 5) is 22.7. The highest BCUT2D eigenvalue weighted by molar-refractivity contribution is 5.82. The van der Waals surface area contributed by atoms with Crippen LogP contribution >= 0.6 is 0 Å². The summed E-state index contributed by atoms with van der Waals surface area (Å²) in [6.45, 7) is 7.94. The van der Waals surface area contributed by atoms with Crippen LogP contribution in [0.2, 0.25) is 0 Å². The molecule has 1 unspecified atom stereocenters. The van der Waals surface area contributed by atoms with Crippen LogP contribution in [0.3, 0.4) is 0 Å². The number of carboxylic acid groups (broad SMARTS) is 1. The number of unbranched alkanes of at least 4 members (excludes halogenated alkanes) is 2. The molecule has 3 N–H and O–H groups in total. The summed E-state index contributed by atoms with van der Waals surface area (Å²) in [5.74, 6) is -0.758. The van der Waals surface area contributed by atoms with Gasteiger partial charge in [0.05, 0.1) is 0 Å². The lowest BCUT2D eigenvalue weighted by Crippen LogP contribution is -2.48. The lowest BCUT2D eigenvalue weighted by atomic mass is 10.0. The van der Waals surface area contributed by atoms with Crippen LogP contribution in [0.1, 0.15) is 59.8 Å². The third-order valence-corrected chi connectivity index (χ3v) is 2.93. The summed E-state index contributed by atoms with van der Waals surface area (Å²) < 4.78 is 0. The van der Waals surface area contributed by atoms with Crippen LogP contribution in [0.25, 0.3) is 0 Å². The predicted molar refractivity (Wildman–Crippen MR) is 76.2 cm³/mol. The van der Waals surface area contributed by atoms with E-state index in [0.717, 1.165) is 25.7 Å². The lowest BCUT2D eigenvalue weighted by Gasteiger charge is -2.19. The van der Waals surface area contributed by atoms with Gasteiger partial charge in [-0.25, -0.2) is 9.59 Å². The van der Waals surface area contributed by atoms with Crippen molar-refractivity contribution in [1.29, 1.82) is 0 Å². The van der Waals surface area contributed by atoms with Gasteiger partial charge in [0.2, 0.25) is 0 Å². The van der Waals surface area contributed by atoms with Crippen LogP contribution in [-0.4, -0.2) is 29.2 Å². The highest BCUT2D eigenvalue weighted by Gasteiger charge is 2.21. The number of carbonyl (C=O) groups is 2. The lowest BCUT2D eigenvalue weighted by molar-refractivity contribution is -0.139. The Kier molecular flexibility index (Phi) is 9.00. The van der Waals surface area contributed by atoms with Gasteiger partial charge in [0.1, 0.15) is 6.04 Å². The van der Waals surface area contributed by atoms with Crippen molar-refractivity contribution < 1.29 is 14.7 Å². The number of amides is 2. The van der Waals surface area contributed by atoms with Crippen LogP contribution in [0.15, 0.2) is 0 Å². The second-order valence-electron chi connectivity index (χ2n) is 5.54. The van der Waals surface area contributed by atoms with E-state index in [1.165, 1.54) is 0 Å². The number of hydrogen-bond donors (Lipinski definition) is 3. The fourth-order valence-electron chi connectivity index (χ4n) is 1.89. The first-order valence-electron chi connectivity index (χ1n) is 7.16. The van der Waals surface area contributed by atoms with Gasteiger partial charge in [0.25, 0.3) is 0 Å². The molecule has 0 aromatic carbocycles. The number of carbonyl (C=O) groups excluding carboxylic acids is 1. The van der Waals surface area contributed by atoms with Crippen molar-refractivity contribution in [1.82, 2.24) is 10.6 Å². The topological polar surface area (TPSA) is 78.4 Å². The molecule has 0 aliphatic rings. The first kappa shape index (κ1) is 17.7. The largest absolute Gasteiger partial charge is 0.480 e. The van der Waals surface area contributed by atoms with E-state index in [2.05, 4.69) is 17.6 Å². The predicted octanol–water partition coefficient (Wildman–Crippen LogP) is 2.75. The van der Waals surface area contributed by atoms with Gasteiger partial charge in [0.15, 0.2) is 0 Å². The fourth-order valence-corrected chi connectivity index (χ4v) is 1.89. The van der Waals surface area contributed by atoms with Gasteiger partial charge in [-0.05, 0) is 25.7 Å². The van der Waals surface area contributed by atoms with Gasteiger partial charge in [-0.1, -0.05) is 40.0 Å². The number of urea groups is 1. The first-order chi connectivity index (χ1) is 8.86. The molecule has 19 heavy (non-hydrogen) atoms. The molecule has 0 aliphatic carbocycles. The molecule has 5 heteroatoms. The summed E-state index contributed by atoms with van der Waals surface area (Å²) in [6.07, 6.45) is 4.73. The Bertz CT molecular complexity index is 280. The average Bonchev–Trinajstić information content (AvgIpc) is 2.27. The maximum Gasteiger partial charge on any atom is 0.326 e. The van der Waals surface area contributed by atoms with E-state index in [0.29, 0.717) is 6.42 Å². The molecule has 0 heterocycles. The van der Waals surface area contributed by atoms with Crippen molar-refractivity contribution >= 4 is 12.0 Å². The zero-order valence-electron chi connectivity index (χ0n) is 12.5. The number of rotatable bonds is 9. The Morgan fingerprint density at radius 3 is 2.21 bits per heavy atom. The fraction of sp³-hybridized carbons (Fsp3) is 0.857. The minimum atomic E-state index is -0.984. The minimum absolute atomic E-state index is 0.0695. The molecule has 0 fully saturated rings. The van der Waals surface area contributed by atoms with Gasteiger partial charge in [-0.2, -0.15) is 0 Å². The molecule has 112 valence electrons. The molecule has 2 amide bonds. The van der Waals surface area contributed by atoms with Crippen molar-refractivity contribution in [3.63, 3.8) is 0 Å². The maximum absolute atomic E-state index is 11.7. The van der Waals surface area contributed by atoms with Gasteiger partial charge in [-0.3, -0.25) is 0 Å². The summed E-state index contributed by atoms with van der Waals surface area (Å²) in [6, 6.07) is -1.14.